The summed E-state index contributed by atoms with van der Waals surface area (Å²) >= 11 is 0. The van der Waals surface area contributed by atoms with Gasteiger partial charge in [-0.25, -0.2) is 24.6 Å². The molecule has 0 saturated carbocycles. The van der Waals surface area contributed by atoms with E-state index < -0.39 is 0 Å². The first-order valence-corrected chi connectivity index (χ1v) is 10.9. The highest BCUT2D eigenvalue weighted by molar-refractivity contribution is 5.79. The van der Waals surface area contributed by atoms with Gasteiger partial charge in [-0.3, -0.25) is 4.79 Å². The fourth-order valence-electron chi connectivity index (χ4n) is 4.23. The quantitative estimate of drug-likeness (QED) is 0.621. The topological polar surface area (TPSA) is 92.9 Å². The lowest BCUT2D eigenvalue weighted by atomic mass is 10.1. The molecule has 168 valence electrons. The molecule has 0 unspecified atom stereocenters. The molecule has 1 aliphatic rings. The first-order valence-electron chi connectivity index (χ1n) is 10.9. The van der Waals surface area contributed by atoms with E-state index in [9.17, 15) is 4.79 Å². The van der Waals surface area contributed by atoms with Crippen molar-refractivity contribution in [2.75, 3.05) is 31.1 Å². The van der Waals surface area contributed by atoms with Gasteiger partial charge in [-0.1, -0.05) is 0 Å². The number of carbonyl (C=O) groups excluding carboxylic acids is 1. The van der Waals surface area contributed by atoms with E-state index >= 15 is 0 Å². The van der Waals surface area contributed by atoms with Crippen LogP contribution in [-0.4, -0.2) is 66.7 Å². The molecule has 4 heterocycles. The minimum Gasteiger partial charge on any atom is -0.353 e. The summed E-state index contributed by atoms with van der Waals surface area (Å²) in [5, 5.41) is 4.63. The first kappa shape index (κ1) is 21.9. The highest BCUT2D eigenvalue weighted by atomic mass is 16.2. The van der Waals surface area contributed by atoms with Crippen molar-refractivity contribution in [1.29, 1.82) is 0 Å². The fraction of sp³-hybridized carbons (Fsp3) is 0.478. The standard InChI is InChI=1S/C23H30N8O/c1-14-11-15(2)26-23(25-14)31-18(5)20(17(4)28-31)13-22(32)30-9-7-29(8-10-30)21-12-16(3)24-19(6)27-21/h11-12H,7-10,13H2,1-6H3. The minimum absolute atomic E-state index is 0.117. The molecule has 0 radical (unpaired) electrons. The smallest absolute Gasteiger partial charge is 0.251 e. The van der Waals surface area contributed by atoms with Crippen LogP contribution in [-0.2, 0) is 11.2 Å². The molecule has 0 spiro atoms. The van der Waals surface area contributed by atoms with Crippen LogP contribution in [0.2, 0.25) is 0 Å². The number of hydrogen-bond donors (Lipinski definition) is 0. The Morgan fingerprint density at radius 1 is 0.844 bits per heavy atom. The molecular formula is C23H30N8O. The number of carbonyl (C=O) groups is 1. The largest absolute Gasteiger partial charge is 0.353 e. The Hall–Kier alpha value is -3.36. The van der Waals surface area contributed by atoms with Gasteiger partial charge in [0, 0.05) is 60.6 Å². The van der Waals surface area contributed by atoms with Gasteiger partial charge < -0.3 is 9.80 Å². The number of amides is 1. The molecule has 1 aliphatic heterocycles. The molecule has 1 saturated heterocycles. The van der Waals surface area contributed by atoms with Crippen molar-refractivity contribution in [2.45, 2.75) is 48.0 Å². The molecule has 1 fully saturated rings. The molecule has 0 aromatic carbocycles. The summed E-state index contributed by atoms with van der Waals surface area (Å²) in [5.74, 6) is 2.37. The zero-order valence-electron chi connectivity index (χ0n) is 19.7. The maximum Gasteiger partial charge on any atom is 0.251 e. The van der Waals surface area contributed by atoms with Gasteiger partial charge in [-0.15, -0.1) is 0 Å². The molecule has 4 rings (SSSR count). The predicted molar refractivity (Wildman–Crippen MR) is 122 cm³/mol. The van der Waals surface area contributed by atoms with Gasteiger partial charge in [0.15, 0.2) is 0 Å². The first-order chi connectivity index (χ1) is 15.2. The Morgan fingerprint density at radius 2 is 1.47 bits per heavy atom. The number of anilines is 1. The second-order valence-electron chi connectivity index (χ2n) is 8.47. The van der Waals surface area contributed by atoms with Crippen molar-refractivity contribution in [3.8, 4) is 5.95 Å². The van der Waals surface area contributed by atoms with Crippen LogP contribution in [0.1, 0.15) is 39.9 Å². The summed E-state index contributed by atoms with van der Waals surface area (Å²) in [6.07, 6.45) is 0.328. The zero-order chi connectivity index (χ0) is 23.0. The highest BCUT2D eigenvalue weighted by Crippen LogP contribution is 2.20. The van der Waals surface area contributed by atoms with Crippen LogP contribution in [0.5, 0.6) is 0 Å². The molecule has 0 N–H and O–H groups in total. The van der Waals surface area contributed by atoms with Crippen molar-refractivity contribution in [2.24, 2.45) is 0 Å². The van der Waals surface area contributed by atoms with Crippen molar-refractivity contribution in [3.63, 3.8) is 0 Å². The summed E-state index contributed by atoms with van der Waals surface area (Å²) in [5.41, 5.74) is 5.44. The Morgan fingerprint density at radius 3 is 2.09 bits per heavy atom. The molecule has 1 amide bonds. The maximum atomic E-state index is 13.1. The average Bonchev–Trinajstić information content (AvgIpc) is 3.01. The number of piperazine rings is 1. The summed E-state index contributed by atoms with van der Waals surface area (Å²) in [6, 6.07) is 3.93. The van der Waals surface area contributed by atoms with Gasteiger partial charge in [-0.05, 0) is 47.6 Å². The third kappa shape index (κ3) is 4.46. The monoisotopic (exact) mass is 434 g/mol. The molecule has 3 aromatic rings. The lowest BCUT2D eigenvalue weighted by Crippen LogP contribution is -2.49. The number of aromatic nitrogens is 6. The zero-order valence-corrected chi connectivity index (χ0v) is 19.7. The average molecular weight is 435 g/mol. The molecule has 0 atom stereocenters. The summed E-state index contributed by atoms with van der Waals surface area (Å²) < 4.78 is 1.75. The third-order valence-corrected chi connectivity index (χ3v) is 5.84. The van der Waals surface area contributed by atoms with E-state index in [-0.39, 0.29) is 5.91 Å². The van der Waals surface area contributed by atoms with Crippen LogP contribution in [0.25, 0.3) is 5.95 Å². The van der Waals surface area contributed by atoms with E-state index in [0.29, 0.717) is 25.5 Å². The lowest BCUT2D eigenvalue weighted by molar-refractivity contribution is -0.130. The minimum atomic E-state index is 0.117. The van der Waals surface area contributed by atoms with Crippen LogP contribution >= 0.6 is 0 Å². The van der Waals surface area contributed by atoms with E-state index in [4.69, 9.17) is 0 Å². The number of rotatable bonds is 4. The van der Waals surface area contributed by atoms with E-state index in [1.165, 1.54) is 0 Å². The molecule has 9 nitrogen and oxygen atoms in total. The van der Waals surface area contributed by atoms with Crippen LogP contribution in [0, 0.1) is 41.5 Å². The molecular weight excluding hydrogens is 404 g/mol. The van der Waals surface area contributed by atoms with Crippen LogP contribution in [0.3, 0.4) is 0 Å². The lowest BCUT2D eigenvalue weighted by Gasteiger charge is -2.35. The summed E-state index contributed by atoms with van der Waals surface area (Å²) in [7, 11) is 0. The Balaban J connectivity index is 1.45. The van der Waals surface area contributed by atoms with Crippen molar-refractivity contribution < 1.29 is 4.79 Å². The van der Waals surface area contributed by atoms with Gasteiger partial charge in [0.05, 0.1) is 12.1 Å². The Labute approximate surface area is 188 Å². The normalized spacial score (nSPS) is 14.2. The van der Waals surface area contributed by atoms with E-state index in [2.05, 4.69) is 29.9 Å². The molecule has 32 heavy (non-hydrogen) atoms. The van der Waals surface area contributed by atoms with Crippen molar-refractivity contribution in [1.82, 2.24) is 34.6 Å². The number of nitrogens with zero attached hydrogens (tertiary/aromatic N) is 8. The molecule has 0 bridgehead atoms. The predicted octanol–water partition coefficient (Wildman–Crippen LogP) is 2.19. The van der Waals surface area contributed by atoms with Crippen LogP contribution in [0.4, 0.5) is 5.82 Å². The Kier molecular flexibility index (Phi) is 5.90. The fourth-order valence-corrected chi connectivity index (χ4v) is 4.23. The second kappa shape index (κ2) is 8.64. The SMILES string of the molecule is Cc1cc(N2CCN(C(=O)Cc3c(C)nn(-c4nc(C)cc(C)n4)c3C)CC2)nc(C)n1. The summed E-state index contributed by atoms with van der Waals surface area (Å²) in [6.45, 7) is 14.5. The van der Waals surface area contributed by atoms with Gasteiger partial charge in [0.1, 0.15) is 11.6 Å². The number of hydrogen-bond acceptors (Lipinski definition) is 7. The highest BCUT2D eigenvalue weighted by Gasteiger charge is 2.25. The molecule has 9 heteroatoms. The van der Waals surface area contributed by atoms with Crippen molar-refractivity contribution in [3.05, 3.63) is 52.0 Å². The van der Waals surface area contributed by atoms with Gasteiger partial charge in [0.2, 0.25) is 5.91 Å². The van der Waals surface area contributed by atoms with Gasteiger partial charge >= 0.3 is 0 Å². The summed E-state index contributed by atoms with van der Waals surface area (Å²) in [4.78, 5) is 35.2. The maximum absolute atomic E-state index is 13.1. The molecule has 3 aromatic heterocycles. The van der Waals surface area contributed by atoms with Crippen LogP contribution < -0.4 is 4.90 Å². The van der Waals surface area contributed by atoms with Gasteiger partial charge in [0.25, 0.3) is 5.95 Å². The van der Waals surface area contributed by atoms with E-state index in [0.717, 1.165) is 58.8 Å². The number of aryl methyl sites for hydroxylation is 5. The van der Waals surface area contributed by atoms with Crippen molar-refractivity contribution >= 4 is 11.7 Å². The third-order valence-electron chi connectivity index (χ3n) is 5.84. The van der Waals surface area contributed by atoms with E-state index in [1.807, 2.05) is 58.6 Å². The van der Waals surface area contributed by atoms with Crippen LogP contribution in [0.15, 0.2) is 12.1 Å². The van der Waals surface area contributed by atoms with Gasteiger partial charge in [-0.2, -0.15) is 5.10 Å². The van der Waals surface area contributed by atoms with E-state index in [1.54, 1.807) is 4.68 Å². The molecule has 0 aliphatic carbocycles. The Bertz CT molecular complexity index is 1120. The second-order valence-corrected chi connectivity index (χ2v) is 8.47.